The molecule has 0 aliphatic carbocycles. The molecule has 0 atom stereocenters. The monoisotopic (exact) mass is 370 g/mol. The van der Waals surface area contributed by atoms with Crippen LogP contribution in [0.2, 0.25) is 5.02 Å². The van der Waals surface area contributed by atoms with Crippen LogP contribution >= 0.6 is 27.5 Å². The van der Waals surface area contributed by atoms with Gasteiger partial charge < -0.3 is 5.11 Å². The van der Waals surface area contributed by atoms with Crippen molar-refractivity contribution in [2.45, 2.75) is 0 Å². The molecule has 108 valence electrons. The zero-order valence-corrected chi connectivity index (χ0v) is 12.7. The molecule has 7 nitrogen and oxygen atoms in total. The number of aromatic nitrogens is 1. The molecule has 1 aromatic carbocycles. The molecule has 0 saturated carbocycles. The number of hydrazone groups is 1. The van der Waals surface area contributed by atoms with E-state index in [0.717, 1.165) is 0 Å². The topological polar surface area (TPSA) is 101 Å². The van der Waals surface area contributed by atoms with E-state index in [-0.39, 0.29) is 22.3 Å². The lowest BCUT2D eigenvalue weighted by molar-refractivity contribution is -0.384. The van der Waals surface area contributed by atoms with Crippen LogP contribution in [0.15, 0.2) is 40.0 Å². The molecule has 0 bridgehead atoms. The van der Waals surface area contributed by atoms with Crippen molar-refractivity contribution >= 4 is 45.3 Å². The minimum atomic E-state index is -0.571. The Kier molecular flexibility index (Phi) is 4.71. The van der Waals surface area contributed by atoms with Crippen LogP contribution in [0.3, 0.4) is 0 Å². The Morgan fingerprint density at radius 3 is 3.00 bits per heavy atom. The van der Waals surface area contributed by atoms with Crippen LogP contribution in [0.25, 0.3) is 0 Å². The lowest BCUT2D eigenvalue weighted by Gasteiger charge is -2.03. The number of phenolic OH excluding ortho intramolecular Hbond substituents is 1. The van der Waals surface area contributed by atoms with Gasteiger partial charge in [0.05, 0.1) is 16.2 Å². The van der Waals surface area contributed by atoms with Crippen molar-refractivity contribution in [1.82, 2.24) is 4.98 Å². The zero-order chi connectivity index (χ0) is 15.4. The summed E-state index contributed by atoms with van der Waals surface area (Å²) in [5.41, 5.74) is 2.60. The van der Waals surface area contributed by atoms with E-state index in [4.69, 9.17) is 11.6 Å². The Hall–Kier alpha value is -2.19. The minimum absolute atomic E-state index is 0.000617. The average molecular weight is 372 g/mol. The lowest BCUT2D eigenvalue weighted by Crippen LogP contribution is -1.99. The molecular weight excluding hydrogens is 364 g/mol. The van der Waals surface area contributed by atoms with Gasteiger partial charge in [0.25, 0.3) is 0 Å². The molecule has 1 heterocycles. The number of aromatic hydroxyl groups is 1. The molecule has 1 aromatic heterocycles. The highest BCUT2D eigenvalue weighted by atomic mass is 79.9. The van der Waals surface area contributed by atoms with Crippen LogP contribution in [-0.4, -0.2) is 21.2 Å². The Bertz CT molecular complexity index is 724. The molecule has 0 fully saturated rings. The van der Waals surface area contributed by atoms with E-state index >= 15 is 0 Å². The highest BCUT2D eigenvalue weighted by Gasteiger charge is 2.13. The third-order valence-electron chi connectivity index (χ3n) is 2.41. The maximum Gasteiger partial charge on any atom is 0.313 e. The van der Waals surface area contributed by atoms with Crippen LogP contribution in [0.1, 0.15) is 5.56 Å². The van der Waals surface area contributed by atoms with Gasteiger partial charge in [-0.05, 0) is 18.2 Å². The first-order valence-electron chi connectivity index (χ1n) is 5.55. The summed E-state index contributed by atoms with van der Waals surface area (Å²) in [4.78, 5) is 14.1. The first kappa shape index (κ1) is 15.2. The van der Waals surface area contributed by atoms with Crippen molar-refractivity contribution in [3.8, 4) is 5.75 Å². The number of hydrogen-bond acceptors (Lipinski definition) is 6. The van der Waals surface area contributed by atoms with E-state index in [9.17, 15) is 15.2 Å². The number of phenols is 1. The fourth-order valence-corrected chi connectivity index (χ4v) is 2.31. The van der Waals surface area contributed by atoms with E-state index in [1.54, 1.807) is 6.07 Å². The second-order valence-corrected chi connectivity index (χ2v) is 5.15. The van der Waals surface area contributed by atoms with E-state index in [1.807, 2.05) is 0 Å². The summed E-state index contributed by atoms with van der Waals surface area (Å²) in [6.45, 7) is 0. The number of benzene rings is 1. The van der Waals surface area contributed by atoms with Crippen LogP contribution in [0, 0.1) is 10.1 Å². The van der Waals surface area contributed by atoms with Gasteiger partial charge in [-0.15, -0.1) is 0 Å². The average Bonchev–Trinajstić information content (AvgIpc) is 2.44. The van der Waals surface area contributed by atoms with Gasteiger partial charge in [0.2, 0.25) is 5.82 Å². The number of anilines is 1. The Morgan fingerprint density at radius 1 is 1.52 bits per heavy atom. The summed E-state index contributed by atoms with van der Waals surface area (Å²) in [5.74, 6) is -0.139. The van der Waals surface area contributed by atoms with Gasteiger partial charge in [0.15, 0.2) is 0 Å². The molecule has 0 spiro atoms. The smallest absolute Gasteiger partial charge is 0.313 e. The Labute approximate surface area is 132 Å². The molecule has 0 unspecified atom stereocenters. The quantitative estimate of drug-likeness (QED) is 0.486. The second-order valence-electron chi connectivity index (χ2n) is 3.82. The number of halogens is 2. The SMILES string of the molecule is O=[N+]([O-])c1cccnc1N/N=C/c1cc(Br)cc(Cl)c1O. The van der Waals surface area contributed by atoms with Gasteiger partial charge in [-0.2, -0.15) is 5.10 Å². The predicted octanol–water partition coefficient (Wildman–Crippen LogP) is 3.56. The van der Waals surface area contributed by atoms with Crippen LogP contribution in [-0.2, 0) is 0 Å². The van der Waals surface area contributed by atoms with E-state index in [1.165, 1.54) is 30.6 Å². The normalized spacial score (nSPS) is 10.8. The number of nitrogens with one attached hydrogen (secondary N) is 1. The molecule has 2 N–H and O–H groups in total. The Morgan fingerprint density at radius 2 is 2.29 bits per heavy atom. The van der Waals surface area contributed by atoms with E-state index < -0.39 is 4.92 Å². The lowest BCUT2D eigenvalue weighted by atomic mass is 10.2. The van der Waals surface area contributed by atoms with Gasteiger partial charge in [0.1, 0.15) is 5.75 Å². The number of nitro groups is 1. The third kappa shape index (κ3) is 3.67. The van der Waals surface area contributed by atoms with E-state index in [0.29, 0.717) is 10.0 Å². The van der Waals surface area contributed by atoms with Gasteiger partial charge >= 0.3 is 5.69 Å². The zero-order valence-electron chi connectivity index (χ0n) is 10.3. The number of pyridine rings is 1. The van der Waals surface area contributed by atoms with Gasteiger partial charge in [-0.1, -0.05) is 27.5 Å². The molecule has 2 aromatic rings. The van der Waals surface area contributed by atoms with Gasteiger partial charge in [0, 0.05) is 22.3 Å². The second kappa shape index (κ2) is 6.51. The first-order chi connectivity index (χ1) is 9.99. The molecule has 21 heavy (non-hydrogen) atoms. The molecule has 0 amide bonds. The number of rotatable bonds is 4. The van der Waals surface area contributed by atoms with Gasteiger partial charge in [-0.3, -0.25) is 15.5 Å². The molecule has 0 aliphatic rings. The fourth-order valence-electron chi connectivity index (χ4n) is 1.48. The molecule has 2 rings (SSSR count). The molecule has 0 saturated heterocycles. The van der Waals surface area contributed by atoms with Gasteiger partial charge in [-0.25, -0.2) is 4.98 Å². The minimum Gasteiger partial charge on any atom is -0.506 e. The van der Waals surface area contributed by atoms with Crippen molar-refractivity contribution in [2.24, 2.45) is 5.10 Å². The van der Waals surface area contributed by atoms with Crippen molar-refractivity contribution in [3.63, 3.8) is 0 Å². The van der Waals surface area contributed by atoms with E-state index in [2.05, 4.69) is 31.4 Å². The molecular formula is C12H8BrClN4O3. The maximum absolute atomic E-state index is 10.8. The summed E-state index contributed by atoms with van der Waals surface area (Å²) in [6, 6.07) is 5.88. The fraction of sp³-hybridized carbons (Fsp3) is 0. The summed E-state index contributed by atoms with van der Waals surface area (Å²) >= 11 is 9.05. The summed E-state index contributed by atoms with van der Waals surface area (Å²) in [7, 11) is 0. The first-order valence-corrected chi connectivity index (χ1v) is 6.72. The summed E-state index contributed by atoms with van der Waals surface area (Å²) in [6.07, 6.45) is 2.68. The van der Waals surface area contributed by atoms with Crippen molar-refractivity contribution < 1.29 is 10.0 Å². The van der Waals surface area contributed by atoms with Crippen molar-refractivity contribution in [1.29, 1.82) is 0 Å². The summed E-state index contributed by atoms with van der Waals surface area (Å²) < 4.78 is 0.663. The number of nitrogens with zero attached hydrogens (tertiary/aromatic N) is 3. The Balaban J connectivity index is 2.23. The molecule has 0 aliphatic heterocycles. The highest BCUT2D eigenvalue weighted by Crippen LogP contribution is 2.30. The van der Waals surface area contributed by atoms with Crippen LogP contribution in [0.4, 0.5) is 11.5 Å². The van der Waals surface area contributed by atoms with Crippen molar-refractivity contribution in [3.05, 3.63) is 55.6 Å². The maximum atomic E-state index is 10.8. The van der Waals surface area contributed by atoms with Crippen LogP contribution < -0.4 is 5.43 Å². The standard InChI is InChI=1S/C12H8BrClN4O3/c13-8-4-7(11(19)9(14)5-8)6-16-17-12-10(18(20)21)2-1-3-15-12/h1-6,19H,(H,15,17)/b16-6+. The number of hydrogen-bond donors (Lipinski definition) is 2. The largest absolute Gasteiger partial charge is 0.506 e. The van der Waals surface area contributed by atoms with Crippen molar-refractivity contribution in [2.75, 3.05) is 5.43 Å². The summed E-state index contributed by atoms with van der Waals surface area (Å²) in [5, 5.41) is 24.6. The molecule has 9 heteroatoms. The highest BCUT2D eigenvalue weighted by molar-refractivity contribution is 9.10. The molecule has 0 radical (unpaired) electrons. The predicted molar refractivity (Wildman–Crippen MR) is 82.9 cm³/mol. The third-order valence-corrected chi connectivity index (χ3v) is 3.16. The van der Waals surface area contributed by atoms with Crippen LogP contribution in [0.5, 0.6) is 5.75 Å².